The maximum Gasteiger partial charge on any atom is 0.297 e. The van der Waals surface area contributed by atoms with E-state index in [-0.39, 0.29) is 18.0 Å². The van der Waals surface area contributed by atoms with Crippen molar-refractivity contribution < 1.29 is 51.2 Å². The highest BCUT2D eigenvalue weighted by Crippen LogP contribution is 2.38. The van der Waals surface area contributed by atoms with E-state index >= 15 is 0 Å². The summed E-state index contributed by atoms with van der Waals surface area (Å²) in [6.07, 6.45) is -5.67. The first-order valence-electron chi connectivity index (χ1n) is 12.1. The molecular formula is C23H33N3O11S. The molecule has 0 amide bonds. The fourth-order valence-corrected chi connectivity index (χ4v) is 5.37. The molecule has 0 bridgehead atoms. The minimum absolute atomic E-state index is 0.0596. The SMILES string of the molecule is CC1(C)O[C@H]2O[C@H](CN=[N+]=[N-])[C@H](O)[C@H]2O1.Cc1ccc(S(=O)(=O)OC[C@H]2O[C@@H]3OC(C)(C)O[C@@H]3[C@H]2O)cc1. The predicted octanol–water partition coefficient (Wildman–Crippen LogP) is 1.47. The molecule has 0 spiro atoms. The molecule has 5 rings (SSSR count). The van der Waals surface area contributed by atoms with Crippen molar-refractivity contribution in [3.05, 3.63) is 40.3 Å². The number of rotatable bonds is 6. The molecule has 15 heteroatoms. The smallest absolute Gasteiger partial charge is 0.297 e. The van der Waals surface area contributed by atoms with Gasteiger partial charge in [-0.3, -0.25) is 4.18 Å². The predicted molar refractivity (Wildman–Crippen MR) is 128 cm³/mol. The zero-order valence-corrected chi connectivity index (χ0v) is 22.5. The number of azide groups is 1. The summed E-state index contributed by atoms with van der Waals surface area (Å²) in [5.74, 6) is -1.57. The van der Waals surface area contributed by atoms with Crippen LogP contribution in [0.2, 0.25) is 0 Å². The molecule has 0 aliphatic carbocycles. The van der Waals surface area contributed by atoms with Crippen LogP contribution < -0.4 is 0 Å². The van der Waals surface area contributed by atoms with Gasteiger partial charge in [0.25, 0.3) is 10.1 Å². The Morgan fingerprint density at radius 3 is 1.92 bits per heavy atom. The molecular weight excluding hydrogens is 526 g/mol. The van der Waals surface area contributed by atoms with Crippen LogP contribution in [0.4, 0.5) is 0 Å². The van der Waals surface area contributed by atoms with Crippen molar-refractivity contribution in [2.45, 2.75) is 100 Å². The monoisotopic (exact) mass is 559 g/mol. The van der Waals surface area contributed by atoms with Gasteiger partial charge in [0.1, 0.15) is 30.5 Å². The molecule has 1 aromatic carbocycles. The van der Waals surface area contributed by atoms with Gasteiger partial charge in [-0.05, 0) is 52.3 Å². The van der Waals surface area contributed by atoms with Crippen LogP contribution in [0, 0.1) is 6.92 Å². The number of aliphatic hydroxyl groups is 2. The molecule has 212 valence electrons. The Kier molecular flexibility index (Phi) is 8.38. The lowest BCUT2D eigenvalue weighted by Gasteiger charge is -2.22. The average molecular weight is 560 g/mol. The Morgan fingerprint density at radius 2 is 1.42 bits per heavy atom. The standard InChI is InChI=1S/C15H20O7S.C8H13N3O4/c1-9-4-6-10(7-5-9)23(17,18)19-8-11-12(16)13-14(20-11)22-15(2,3)21-13;1-8(2)14-6-5(12)4(3-10-11-9)13-7(6)15-8/h4-7,11-14,16H,8H2,1-3H3;4-7,12H,3H2,1-2H3/t11-,12+,13-,14-;4-,5+,6-,7-/m11/s1. The first-order chi connectivity index (χ1) is 17.7. The molecule has 4 aliphatic rings. The number of aryl methyl sites for hydroxylation is 1. The van der Waals surface area contributed by atoms with Crippen LogP contribution in [0.5, 0.6) is 0 Å². The van der Waals surface area contributed by atoms with Crippen molar-refractivity contribution in [1.82, 2.24) is 0 Å². The summed E-state index contributed by atoms with van der Waals surface area (Å²) in [7, 11) is -3.91. The van der Waals surface area contributed by atoms with Gasteiger partial charge in [0.2, 0.25) is 0 Å². The van der Waals surface area contributed by atoms with E-state index in [1.165, 1.54) is 12.1 Å². The third-order valence-corrected chi connectivity index (χ3v) is 7.55. The van der Waals surface area contributed by atoms with Gasteiger partial charge < -0.3 is 38.6 Å². The minimum atomic E-state index is -3.91. The average Bonchev–Trinajstić information content (AvgIpc) is 3.49. The van der Waals surface area contributed by atoms with Gasteiger partial charge in [0.05, 0.1) is 24.2 Å². The topological polar surface area (TPSA) is 188 Å². The van der Waals surface area contributed by atoms with E-state index in [2.05, 4.69) is 10.0 Å². The zero-order valence-electron chi connectivity index (χ0n) is 21.7. The maximum absolute atomic E-state index is 12.1. The Labute approximate surface area is 220 Å². The highest BCUT2D eigenvalue weighted by Gasteiger charge is 2.55. The van der Waals surface area contributed by atoms with E-state index in [0.29, 0.717) is 0 Å². The van der Waals surface area contributed by atoms with Crippen molar-refractivity contribution in [3.8, 4) is 0 Å². The molecule has 0 aromatic heterocycles. The normalized spacial score (nSPS) is 36.6. The molecule has 4 heterocycles. The molecule has 0 unspecified atom stereocenters. The summed E-state index contributed by atoms with van der Waals surface area (Å²) in [5.41, 5.74) is 9.11. The van der Waals surface area contributed by atoms with Crippen molar-refractivity contribution in [3.63, 3.8) is 0 Å². The molecule has 0 radical (unpaired) electrons. The number of hydrogen-bond acceptors (Lipinski definition) is 12. The van der Waals surface area contributed by atoms with Gasteiger partial charge in [-0.2, -0.15) is 8.42 Å². The van der Waals surface area contributed by atoms with Gasteiger partial charge in [-0.15, -0.1) is 0 Å². The first kappa shape index (κ1) is 29.1. The van der Waals surface area contributed by atoms with E-state index in [1.807, 2.05) is 6.92 Å². The zero-order chi connectivity index (χ0) is 27.9. The number of hydrogen-bond donors (Lipinski definition) is 2. The number of aliphatic hydroxyl groups excluding tert-OH is 2. The molecule has 2 N–H and O–H groups in total. The second-order valence-electron chi connectivity index (χ2n) is 10.2. The third-order valence-electron chi connectivity index (χ3n) is 6.25. The molecule has 4 fully saturated rings. The molecule has 1 aromatic rings. The fourth-order valence-electron chi connectivity index (χ4n) is 4.45. The van der Waals surface area contributed by atoms with Crippen molar-refractivity contribution in [2.75, 3.05) is 13.2 Å². The Balaban J connectivity index is 0.000000194. The van der Waals surface area contributed by atoms with Crippen molar-refractivity contribution >= 4 is 10.1 Å². The van der Waals surface area contributed by atoms with E-state index in [0.717, 1.165) is 5.56 Å². The lowest BCUT2D eigenvalue weighted by atomic mass is 10.1. The highest BCUT2D eigenvalue weighted by atomic mass is 32.2. The lowest BCUT2D eigenvalue weighted by Crippen LogP contribution is -2.37. The molecule has 0 saturated carbocycles. The summed E-state index contributed by atoms with van der Waals surface area (Å²) in [6.45, 7) is 8.58. The van der Waals surface area contributed by atoms with Crippen molar-refractivity contribution in [2.24, 2.45) is 5.11 Å². The Morgan fingerprint density at radius 1 is 0.921 bits per heavy atom. The second kappa shape index (κ2) is 10.9. The Hall–Kier alpha value is -1.88. The third kappa shape index (κ3) is 6.46. The highest BCUT2D eigenvalue weighted by molar-refractivity contribution is 7.86. The number of nitrogens with zero attached hydrogens (tertiary/aromatic N) is 3. The molecule has 8 atom stereocenters. The number of fused-ring (bicyclic) bond motifs is 2. The van der Waals surface area contributed by atoms with Crippen LogP contribution in [0.1, 0.15) is 33.3 Å². The minimum Gasteiger partial charge on any atom is -0.387 e. The lowest BCUT2D eigenvalue weighted by molar-refractivity contribution is -0.217. The van der Waals surface area contributed by atoms with Crippen molar-refractivity contribution in [1.29, 1.82) is 0 Å². The van der Waals surface area contributed by atoms with Crippen LogP contribution in [0.3, 0.4) is 0 Å². The number of benzene rings is 1. The van der Waals surface area contributed by atoms with Gasteiger partial charge in [0.15, 0.2) is 24.2 Å². The van der Waals surface area contributed by atoms with Crippen LogP contribution in [-0.2, 0) is 42.7 Å². The Bertz CT molecular complexity index is 1140. The fraction of sp³-hybridized carbons (Fsp3) is 0.739. The van der Waals surface area contributed by atoms with Gasteiger partial charge in [-0.1, -0.05) is 22.8 Å². The van der Waals surface area contributed by atoms with Crippen LogP contribution in [-0.4, -0.2) is 92.6 Å². The molecule has 14 nitrogen and oxygen atoms in total. The summed E-state index contributed by atoms with van der Waals surface area (Å²) < 4.78 is 62.1. The van der Waals surface area contributed by atoms with E-state index < -0.39 is 70.9 Å². The van der Waals surface area contributed by atoms with Gasteiger partial charge >= 0.3 is 0 Å². The number of ether oxygens (including phenoxy) is 6. The quantitative estimate of drug-likeness (QED) is 0.222. The molecule has 4 aliphatic heterocycles. The van der Waals surface area contributed by atoms with E-state index in [4.69, 9.17) is 38.1 Å². The molecule has 4 saturated heterocycles. The van der Waals surface area contributed by atoms with Gasteiger partial charge in [-0.25, -0.2) is 0 Å². The maximum atomic E-state index is 12.1. The van der Waals surface area contributed by atoms with E-state index in [1.54, 1.807) is 39.8 Å². The van der Waals surface area contributed by atoms with Gasteiger partial charge in [0, 0.05) is 4.91 Å². The summed E-state index contributed by atoms with van der Waals surface area (Å²) in [5, 5.41) is 23.3. The summed E-state index contributed by atoms with van der Waals surface area (Å²) in [4.78, 5) is 2.67. The largest absolute Gasteiger partial charge is 0.387 e. The van der Waals surface area contributed by atoms with Crippen LogP contribution >= 0.6 is 0 Å². The van der Waals surface area contributed by atoms with E-state index in [9.17, 15) is 18.6 Å². The summed E-state index contributed by atoms with van der Waals surface area (Å²) >= 11 is 0. The first-order valence-corrected chi connectivity index (χ1v) is 13.5. The van der Waals surface area contributed by atoms with Crippen LogP contribution in [0.15, 0.2) is 34.3 Å². The molecule has 38 heavy (non-hydrogen) atoms. The summed E-state index contributed by atoms with van der Waals surface area (Å²) in [6, 6.07) is 6.32. The van der Waals surface area contributed by atoms with Crippen LogP contribution in [0.25, 0.3) is 10.4 Å². The second-order valence-corrected chi connectivity index (χ2v) is 11.8.